The van der Waals surface area contributed by atoms with Gasteiger partial charge in [-0.3, -0.25) is 9.48 Å². The molecule has 0 unspecified atom stereocenters. The van der Waals surface area contributed by atoms with Gasteiger partial charge in [-0.1, -0.05) is 35.5 Å². The summed E-state index contributed by atoms with van der Waals surface area (Å²) in [7, 11) is 0. The van der Waals surface area contributed by atoms with Gasteiger partial charge in [-0.05, 0) is 12.0 Å². The lowest BCUT2D eigenvalue weighted by Crippen LogP contribution is -2.61. The van der Waals surface area contributed by atoms with E-state index < -0.39 is 5.60 Å². The fraction of sp³-hybridized carbons (Fsp3) is 0.400. The Kier molecular flexibility index (Phi) is 3.70. The topological polar surface area (TPSA) is 71.2 Å². The fourth-order valence-corrected chi connectivity index (χ4v) is 2.59. The van der Waals surface area contributed by atoms with Gasteiger partial charge in [-0.2, -0.15) is 0 Å². The first kappa shape index (κ1) is 13.8. The minimum absolute atomic E-state index is 0.0794. The van der Waals surface area contributed by atoms with E-state index in [-0.39, 0.29) is 5.91 Å². The molecular weight excluding hydrogens is 268 g/mol. The van der Waals surface area contributed by atoms with E-state index >= 15 is 0 Å². The van der Waals surface area contributed by atoms with Crippen molar-refractivity contribution in [2.24, 2.45) is 0 Å². The summed E-state index contributed by atoms with van der Waals surface area (Å²) in [6.07, 6.45) is 4.59. The Labute approximate surface area is 123 Å². The van der Waals surface area contributed by atoms with E-state index in [0.29, 0.717) is 26.1 Å². The number of carbonyl (C=O) groups excluding carboxylic acids is 1. The van der Waals surface area contributed by atoms with E-state index in [1.165, 1.54) is 0 Å². The van der Waals surface area contributed by atoms with Crippen LogP contribution in [-0.2, 0) is 16.9 Å². The number of nitrogens with zero attached hydrogens (tertiary/aromatic N) is 4. The molecular formula is C15H18N4O2. The number of aryl methyl sites for hydroxylation is 1. The third-order valence-electron chi connectivity index (χ3n) is 3.82. The second-order valence-electron chi connectivity index (χ2n) is 5.42. The summed E-state index contributed by atoms with van der Waals surface area (Å²) in [5, 5.41) is 18.0. The van der Waals surface area contributed by atoms with E-state index in [1.807, 2.05) is 30.3 Å². The summed E-state index contributed by atoms with van der Waals surface area (Å²) in [4.78, 5) is 13.7. The number of aliphatic hydroxyl groups is 1. The third kappa shape index (κ3) is 2.95. The van der Waals surface area contributed by atoms with Crippen molar-refractivity contribution in [3.8, 4) is 0 Å². The standard InChI is InChI=1S/C15H18N4O2/c20-14(7-4-9-19-10-8-16-17-19)18-11-15(21,12-18)13-5-2-1-3-6-13/h1-3,5-6,8,10,21H,4,7,9,11-12H2. The monoisotopic (exact) mass is 286 g/mol. The first-order valence-corrected chi connectivity index (χ1v) is 7.07. The highest BCUT2D eigenvalue weighted by atomic mass is 16.3. The molecule has 1 aromatic heterocycles. The maximum Gasteiger partial charge on any atom is 0.222 e. The average Bonchev–Trinajstić information content (AvgIpc) is 2.98. The van der Waals surface area contributed by atoms with Gasteiger partial charge in [-0.15, -0.1) is 5.10 Å². The van der Waals surface area contributed by atoms with Crippen molar-refractivity contribution in [3.63, 3.8) is 0 Å². The van der Waals surface area contributed by atoms with Crippen molar-refractivity contribution in [1.29, 1.82) is 0 Å². The lowest BCUT2D eigenvalue weighted by molar-refractivity contribution is -0.157. The molecule has 0 atom stereocenters. The zero-order valence-electron chi connectivity index (χ0n) is 11.7. The van der Waals surface area contributed by atoms with Crippen LogP contribution in [0.15, 0.2) is 42.7 Å². The van der Waals surface area contributed by atoms with Gasteiger partial charge in [-0.25, -0.2) is 0 Å². The predicted octanol–water partition coefficient (Wildman–Crippen LogP) is 0.788. The van der Waals surface area contributed by atoms with Crippen LogP contribution in [0.4, 0.5) is 0 Å². The number of aromatic nitrogens is 3. The zero-order chi connectivity index (χ0) is 14.7. The van der Waals surface area contributed by atoms with Gasteiger partial charge >= 0.3 is 0 Å². The van der Waals surface area contributed by atoms with Crippen LogP contribution < -0.4 is 0 Å². The second kappa shape index (κ2) is 5.65. The first-order valence-electron chi connectivity index (χ1n) is 7.07. The minimum atomic E-state index is -0.886. The molecule has 0 bridgehead atoms. The van der Waals surface area contributed by atoms with Gasteiger partial charge in [0.2, 0.25) is 5.91 Å². The van der Waals surface area contributed by atoms with Crippen molar-refractivity contribution in [3.05, 3.63) is 48.3 Å². The van der Waals surface area contributed by atoms with Crippen molar-refractivity contribution in [1.82, 2.24) is 19.9 Å². The molecule has 21 heavy (non-hydrogen) atoms. The summed E-state index contributed by atoms with van der Waals surface area (Å²) in [5.41, 5.74) is -0.0142. The number of benzene rings is 1. The first-order chi connectivity index (χ1) is 10.2. The van der Waals surface area contributed by atoms with Crippen LogP contribution in [0.5, 0.6) is 0 Å². The molecule has 0 radical (unpaired) electrons. The number of likely N-dealkylation sites (tertiary alicyclic amines) is 1. The van der Waals surface area contributed by atoms with Crippen molar-refractivity contribution >= 4 is 5.91 Å². The van der Waals surface area contributed by atoms with E-state index in [0.717, 1.165) is 12.0 Å². The van der Waals surface area contributed by atoms with Gasteiger partial charge in [0, 0.05) is 19.2 Å². The van der Waals surface area contributed by atoms with E-state index in [2.05, 4.69) is 10.3 Å². The Morgan fingerprint density at radius 2 is 2.05 bits per heavy atom. The zero-order valence-corrected chi connectivity index (χ0v) is 11.7. The average molecular weight is 286 g/mol. The van der Waals surface area contributed by atoms with Gasteiger partial charge < -0.3 is 10.0 Å². The number of β-amino-alcohol motifs (C(OH)–C–C–N with tert-alkyl or cyclic N) is 1. The molecule has 6 heteroatoms. The highest BCUT2D eigenvalue weighted by Crippen LogP contribution is 2.32. The van der Waals surface area contributed by atoms with Crippen molar-refractivity contribution in [2.45, 2.75) is 25.0 Å². The Balaban J connectivity index is 1.46. The predicted molar refractivity (Wildman–Crippen MR) is 76.2 cm³/mol. The summed E-state index contributed by atoms with van der Waals surface area (Å²) < 4.78 is 1.71. The second-order valence-corrected chi connectivity index (χ2v) is 5.42. The molecule has 1 N–H and O–H groups in total. The van der Waals surface area contributed by atoms with Crippen LogP contribution in [0.1, 0.15) is 18.4 Å². The molecule has 1 amide bonds. The number of hydrogen-bond acceptors (Lipinski definition) is 4. The highest BCUT2D eigenvalue weighted by molar-refractivity contribution is 5.77. The molecule has 0 aliphatic carbocycles. The van der Waals surface area contributed by atoms with Gasteiger partial charge in [0.05, 0.1) is 19.3 Å². The SMILES string of the molecule is O=C(CCCn1ccnn1)N1CC(O)(c2ccccc2)C1. The van der Waals surface area contributed by atoms with Crippen molar-refractivity contribution in [2.75, 3.05) is 13.1 Å². The molecule has 2 heterocycles. The van der Waals surface area contributed by atoms with Crippen LogP contribution in [0.2, 0.25) is 0 Å². The summed E-state index contributed by atoms with van der Waals surface area (Å²) in [6, 6.07) is 9.50. The Bertz CT molecular complexity index is 591. The molecule has 6 nitrogen and oxygen atoms in total. The fourth-order valence-electron chi connectivity index (χ4n) is 2.59. The molecule has 1 fully saturated rings. The molecule has 110 valence electrons. The summed E-state index contributed by atoms with van der Waals surface area (Å²) in [5.74, 6) is 0.0794. The summed E-state index contributed by atoms with van der Waals surface area (Å²) in [6.45, 7) is 1.43. The number of rotatable bonds is 5. The van der Waals surface area contributed by atoms with Crippen LogP contribution >= 0.6 is 0 Å². The van der Waals surface area contributed by atoms with Crippen molar-refractivity contribution < 1.29 is 9.90 Å². The quantitative estimate of drug-likeness (QED) is 0.882. The number of hydrogen-bond donors (Lipinski definition) is 1. The Morgan fingerprint density at radius 3 is 2.71 bits per heavy atom. The molecule has 0 saturated carbocycles. The van der Waals surface area contributed by atoms with E-state index in [9.17, 15) is 9.90 Å². The lowest BCUT2D eigenvalue weighted by Gasteiger charge is -2.46. The van der Waals surface area contributed by atoms with Gasteiger partial charge in [0.25, 0.3) is 0 Å². The Hall–Kier alpha value is -2.21. The number of carbonyl (C=O) groups is 1. The molecule has 1 aliphatic rings. The van der Waals surface area contributed by atoms with E-state index in [4.69, 9.17) is 0 Å². The maximum absolute atomic E-state index is 12.0. The maximum atomic E-state index is 12.0. The van der Waals surface area contributed by atoms with Crippen LogP contribution in [0, 0.1) is 0 Å². The van der Waals surface area contributed by atoms with Crippen LogP contribution in [0.25, 0.3) is 0 Å². The van der Waals surface area contributed by atoms with Gasteiger partial charge in [0.1, 0.15) is 5.60 Å². The van der Waals surface area contributed by atoms with E-state index in [1.54, 1.807) is 22.0 Å². The van der Waals surface area contributed by atoms with Gasteiger partial charge in [0.15, 0.2) is 0 Å². The highest BCUT2D eigenvalue weighted by Gasteiger charge is 2.44. The Morgan fingerprint density at radius 1 is 1.29 bits per heavy atom. The molecule has 3 rings (SSSR count). The minimum Gasteiger partial charge on any atom is -0.381 e. The molecule has 1 aromatic carbocycles. The largest absolute Gasteiger partial charge is 0.381 e. The molecule has 1 aliphatic heterocycles. The normalized spacial score (nSPS) is 16.5. The van der Waals surface area contributed by atoms with Crippen LogP contribution in [0.3, 0.4) is 0 Å². The smallest absolute Gasteiger partial charge is 0.222 e. The number of amides is 1. The van der Waals surface area contributed by atoms with Crippen LogP contribution in [-0.4, -0.2) is 44.0 Å². The summed E-state index contributed by atoms with van der Waals surface area (Å²) >= 11 is 0. The molecule has 0 spiro atoms. The lowest BCUT2D eigenvalue weighted by atomic mass is 9.86. The molecule has 1 saturated heterocycles. The molecule has 2 aromatic rings. The third-order valence-corrected chi connectivity index (χ3v) is 3.82.